The number of nitrogens with zero attached hydrogens (tertiary/aromatic N) is 1. The van der Waals surface area contributed by atoms with Gasteiger partial charge in [0, 0.05) is 28.2 Å². The fourth-order valence-electron chi connectivity index (χ4n) is 3.32. The first-order valence-corrected chi connectivity index (χ1v) is 11.5. The number of carbonyl (C=O) groups excluding carboxylic acids is 4. The minimum atomic E-state index is -0.834. The van der Waals surface area contributed by atoms with Crippen LogP contribution in [0.1, 0.15) is 22.3 Å². The number of rotatable bonds is 8. The van der Waals surface area contributed by atoms with Gasteiger partial charge in [0.05, 0.1) is 31.7 Å². The van der Waals surface area contributed by atoms with Gasteiger partial charge >= 0.3 is 5.97 Å². The number of anilines is 1. The number of esters is 1. The number of amides is 3. The minimum absolute atomic E-state index is 0.0897. The predicted octanol–water partition coefficient (Wildman–Crippen LogP) is 3.10. The molecule has 2 N–H and O–H groups in total. The Morgan fingerprint density at radius 3 is 2.40 bits per heavy atom. The fraction of sp³-hybridized carbons (Fsp3) is 0.304. The van der Waals surface area contributed by atoms with Crippen molar-refractivity contribution in [2.24, 2.45) is 5.92 Å². The molecule has 0 aromatic heterocycles. The maximum atomic E-state index is 12.6. The highest BCUT2D eigenvalue weighted by Gasteiger charge is 2.37. The third-order valence-corrected chi connectivity index (χ3v) is 6.39. The van der Waals surface area contributed by atoms with Crippen molar-refractivity contribution in [1.29, 1.82) is 0 Å². The van der Waals surface area contributed by atoms with E-state index in [9.17, 15) is 19.2 Å². The van der Waals surface area contributed by atoms with Gasteiger partial charge < -0.3 is 19.5 Å². The fourth-order valence-corrected chi connectivity index (χ4v) is 3.94. The molecule has 0 bridgehead atoms. The molecule has 1 aliphatic rings. The van der Waals surface area contributed by atoms with Crippen molar-refractivity contribution >= 4 is 56.9 Å². The van der Waals surface area contributed by atoms with Crippen LogP contribution in [-0.4, -0.2) is 56.1 Å². The average Bonchev–Trinajstić information content (AvgIpc) is 3.20. The molecular weight excluding hydrogens is 546 g/mol. The molecule has 12 heteroatoms. The van der Waals surface area contributed by atoms with Crippen LogP contribution >= 0.6 is 27.5 Å². The van der Waals surface area contributed by atoms with Crippen LogP contribution in [0.25, 0.3) is 0 Å². The standard InChI is InChI=1S/C23H23BrClN3O7/c1-12-4-17(24)18(25)9-19(12)26-20(29)11-35-23(32)14-7-21(30)28(10-14)27-22(31)13-5-15(33-2)8-16(6-13)34-3/h4-6,8-9,14H,7,10-11H2,1-3H3,(H,26,29)(H,27,31)/t14-/m0/s1. The number of benzene rings is 2. The first-order chi connectivity index (χ1) is 16.6. The van der Waals surface area contributed by atoms with Gasteiger partial charge in [-0.3, -0.25) is 29.6 Å². The molecule has 186 valence electrons. The van der Waals surface area contributed by atoms with Gasteiger partial charge in [-0.25, -0.2) is 0 Å². The maximum Gasteiger partial charge on any atom is 0.311 e. The Hall–Kier alpha value is -3.31. The normalized spacial score (nSPS) is 14.9. The monoisotopic (exact) mass is 567 g/mol. The van der Waals surface area contributed by atoms with E-state index >= 15 is 0 Å². The van der Waals surface area contributed by atoms with Gasteiger partial charge in [0.1, 0.15) is 11.5 Å². The SMILES string of the molecule is COc1cc(OC)cc(C(=O)NN2C[C@@H](C(=O)OCC(=O)Nc3cc(Cl)c(Br)cc3C)CC2=O)c1. The smallest absolute Gasteiger partial charge is 0.311 e. The summed E-state index contributed by atoms with van der Waals surface area (Å²) in [5.74, 6) is -2.34. The Morgan fingerprint density at radius 2 is 1.77 bits per heavy atom. The Balaban J connectivity index is 1.54. The summed E-state index contributed by atoms with van der Waals surface area (Å²) in [4.78, 5) is 49.6. The third-order valence-electron chi connectivity index (χ3n) is 5.20. The van der Waals surface area contributed by atoms with Crippen LogP contribution < -0.4 is 20.2 Å². The molecular formula is C23H23BrClN3O7. The second-order valence-corrected chi connectivity index (χ2v) is 8.95. The lowest BCUT2D eigenvalue weighted by molar-refractivity contribution is -0.151. The lowest BCUT2D eigenvalue weighted by Gasteiger charge is -2.18. The number of nitrogens with one attached hydrogen (secondary N) is 2. The molecule has 35 heavy (non-hydrogen) atoms. The number of ether oxygens (including phenoxy) is 3. The summed E-state index contributed by atoms with van der Waals surface area (Å²) in [6.07, 6.45) is -0.163. The maximum absolute atomic E-state index is 12.6. The molecule has 0 aliphatic carbocycles. The van der Waals surface area contributed by atoms with Crippen LogP contribution in [0.5, 0.6) is 11.5 Å². The Bertz CT molecular complexity index is 1150. The van der Waals surface area contributed by atoms with Crippen molar-refractivity contribution < 1.29 is 33.4 Å². The molecule has 3 amide bonds. The highest BCUT2D eigenvalue weighted by atomic mass is 79.9. The van der Waals surface area contributed by atoms with Gasteiger partial charge in [-0.2, -0.15) is 0 Å². The third kappa shape index (κ3) is 6.64. The number of halogens is 2. The molecule has 1 fully saturated rings. The first-order valence-electron chi connectivity index (χ1n) is 10.4. The van der Waals surface area contributed by atoms with Gasteiger partial charge in [0.2, 0.25) is 5.91 Å². The van der Waals surface area contributed by atoms with E-state index in [1.54, 1.807) is 25.1 Å². The largest absolute Gasteiger partial charge is 0.497 e. The van der Waals surface area contributed by atoms with Gasteiger partial charge in [0.25, 0.3) is 11.8 Å². The van der Waals surface area contributed by atoms with Crippen molar-refractivity contribution in [2.45, 2.75) is 13.3 Å². The number of hydrogen-bond donors (Lipinski definition) is 2. The lowest BCUT2D eigenvalue weighted by atomic mass is 10.1. The molecule has 2 aromatic carbocycles. The molecule has 1 atom stereocenters. The molecule has 1 saturated heterocycles. The van der Waals surface area contributed by atoms with Crippen LogP contribution in [-0.2, 0) is 19.1 Å². The number of hydrazine groups is 1. The van der Waals surface area contributed by atoms with Gasteiger partial charge in [0.15, 0.2) is 6.61 Å². The van der Waals surface area contributed by atoms with Gasteiger partial charge in [-0.05, 0) is 52.7 Å². The predicted molar refractivity (Wildman–Crippen MR) is 130 cm³/mol. The number of methoxy groups -OCH3 is 2. The van der Waals surface area contributed by atoms with E-state index in [2.05, 4.69) is 26.7 Å². The molecule has 0 unspecified atom stereocenters. The summed E-state index contributed by atoms with van der Waals surface area (Å²) in [6, 6.07) is 7.91. The molecule has 1 heterocycles. The van der Waals surface area contributed by atoms with Crippen molar-refractivity contribution in [1.82, 2.24) is 10.4 Å². The van der Waals surface area contributed by atoms with Gasteiger partial charge in [-0.15, -0.1) is 0 Å². The lowest BCUT2D eigenvalue weighted by Crippen LogP contribution is -2.43. The van der Waals surface area contributed by atoms with E-state index < -0.39 is 36.2 Å². The molecule has 3 rings (SSSR count). The Morgan fingerprint density at radius 1 is 1.11 bits per heavy atom. The van der Waals surface area contributed by atoms with Gasteiger partial charge in [-0.1, -0.05) is 11.6 Å². The first kappa shape index (κ1) is 26.3. The Labute approximate surface area is 214 Å². The molecule has 10 nitrogen and oxygen atoms in total. The summed E-state index contributed by atoms with van der Waals surface area (Å²) in [5, 5.41) is 4.10. The van der Waals surface area contributed by atoms with E-state index in [0.29, 0.717) is 26.7 Å². The van der Waals surface area contributed by atoms with E-state index in [0.717, 1.165) is 10.6 Å². The topological polar surface area (TPSA) is 123 Å². The van der Waals surface area contributed by atoms with Crippen LogP contribution in [0, 0.1) is 12.8 Å². The molecule has 0 spiro atoms. The van der Waals surface area contributed by atoms with Crippen LogP contribution in [0.3, 0.4) is 0 Å². The highest BCUT2D eigenvalue weighted by Crippen LogP contribution is 2.29. The van der Waals surface area contributed by atoms with E-state index in [1.165, 1.54) is 26.4 Å². The van der Waals surface area contributed by atoms with E-state index in [1.807, 2.05) is 0 Å². The second kappa shape index (κ2) is 11.4. The number of hydrogen-bond acceptors (Lipinski definition) is 7. The Kier molecular flexibility index (Phi) is 8.57. The highest BCUT2D eigenvalue weighted by molar-refractivity contribution is 9.10. The van der Waals surface area contributed by atoms with Crippen molar-refractivity contribution in [3.8, 4) is 11.5 Å². The zero-order valence-electron chi connectivity index (χ0n) is 19.1. The van der Waals surface area contributed by atoms with Crippen LogP contribution in [0.15, 0.2) is 34.8 Å². The summed E-state index contributed by atoms with van der Waals surface area (Å²) < 4.78 is 16.1. The average molecular weight is 569 g/mol. The van der Waals surface area contributed by atoms with Crippen LogP contribution in [0.2, 0.25) is 5.02 Å². The van der Waals surface area contributed by atoms with Crippen molar-refractivity contribution in [3.63, 3.8) is 0 Å². The molecule has 1 aliphatic heterocycles. The second-order valence-electron chi connectivity index (χ2n) is 7.68. The quantitative estimate of drug-likeness (QED) is 0.469. The number of carbonyl (C=O) groups is 4. The number of aryl methyl sites for hydroxylation is 1. The molecule has 2 aromatic rings. The van der Waals surface area contributed by atoms with E-state index in [-0.39, 0.29) is 18.5 Å². The van der Waals surface area contributed by atoms with Crippen LogP contribution in [0.4, 0.5) is 5.69 Å². The van der Waals surface area contributed by atoms with Crippen molar-refractivity contribution in [2.75, 3.05) is 32.7 Å². The molecule has 0 saturated carbocycles. The zero-order chi connectivity index (χ0) is 25.7. The summed E-state index contributed by atoms with van der Waals surface area (Å²) in [5.41, 5.74) is 3.94. The van der Waals surface area contributed by atoms with E-state index in [4.69, 9.17) is 25.8 Å². The molecule has 0 radical (unpaired) electrons. The summed E-state index contributed by atoms with van der Waals surface area (Å²) in [7, 11) is 2.90. The summed E-state index contributed by atoms with van der Waals surface area (Å²) in [6.45, 7) is 1.16. The summed E-state index contributed by atoms with van der Waals surface area (Å²) >= 11 is 9.35. The zero-order valence-corrected chi connectivity index (χ0v) is 21.5. The van der Waals surface area contributed by atoms with Crippen molar-refractivity contribution in [3.05, 3.63) is 51.0 Å². The minimum Gasteiger partial charge on any atom is -0.497 e.